The first-order chi connectivity index (χ1) is 7.66. The van der Waals surface area contributed by atoms with E-state index in [0.29, 0.717) is 16.2 Å². The van der Waals surface area contributed by atoms with Crippen LogP contribution in [0.3, 0.4) is 0 Å². The number of rotatable bonds is 0. The lowest BCUT2D eigenvalue weighted by molar-refractivity contribution is -0.119. The highest BCUT2D eigenvalue weighted by molar-refractivity contribution is 6.35. The van der Waals surface area contributed by atoms with Crippen molar-refractivity contribution in [2.45, 2.75) is 6.42 Å². The van der Waals surface area contributed by atoms with Crippen LogP contribution in [0.1, 0.15) is 16.1 Å². The number of para-hydroxylation sites is 1. The molecule has 5 heteroatoms. The molecule has 1 aromatic carbocycles. The molecule has 1 N–H and O–H groups in total. The molecule has 0 atom stereocenters. The summed E-state index contributed by atoms with van der Waals surface area (Å²) >= 11 is 5.95. The lowest BCUT2D eigenvalue weighted by Gasteiger charge is -2.08. The third-order valence-electron chi connectivity index (χ3n) is 2.57. The van der Waals surface area contributed by atoms with E-state index >= 15 is 0 Å². The van der Waals surface area contributed by atoms with Crippen LogP contribution in [-0.4, -0.2) is 11.8 Å². The molecule has 16 heavy (non-hydrogen) atoms. The van der Waals surface area contributed by atoms with Crippen molar-refractivity contribution in [2.75, 3.05) is 0 Å². The van der Waals surface area contributed by atoms with Crippen LogP contribution in [0, 0.1) is 0 Å². The highest BCUT2D eigenvalue weighted by Gasteiger charge is 2.29. The van der Waals surface area contributed by atoms with Crippen LogP contribution in [0.25, 0.3) is 11.0 Å². The molecule has 2 aromatic rings. The number of benzene rings is 1. The molecule has 0 bridgehead atoms. The first-order valence-electron chi connectivity index (χ1n) is 4.71. The van der Waals surface area contributed by atoms with Gasteiger partial charge in [0.1, 0.15) is 0 Å². The summed E-state index contributed by atoms with van der Waals surface area (Å²) in [6.45, 7) is 0. The summed E-state index contributed by atoms with van der Waals surface area (Å²) in [4.78, 5) is 22.8. The SMILES string of the molecule is O=C1Cc2c(oc3c(Cl)cccc23)C(=O)N1. The van der Waals surface area contributed by atoms with Gasteiger partial charge >= 0.3 is 0 Å². The van der Waals surface area contributed by atoms with Gasteiger partial charge in [-0.3, -0.25) is 14.9 Å². The number of amides is 2. The highest BCUT2D eigenvalue weighted by Crippen LogP contribution is 2.32. The Labute approximate surface area is 95.2 Å². The predicted octanol–water partition coefficient (Wildman–Crippen LogP) is 1.90. The number of imide groups is 1. The Morgan fingerprint density at radius 2 is 2.12 bits per heavy atom. The molecule has 1 aliphatic rings. The summed E-state index contributed by atoms with van der Waals surface area (Å²) in [5.74, 6) is -0.638. The first kappa shape index (κ1) is 9.42. The summed E-state index contributed by atoms with van der Waals surface area (Å²) in [5, 5.41) is 3.37. The van der Waals surface area contributed by atoms with Gasteiger partial charge in [-0.25, -0.2) is 0 Å². The molecular formula is C11H6ClNO3. The minimum atomic E-state index is -0.501. The number of carbonyl (C=O) groups excluding carboxylic acids is 2. The van der Waals surface area contributed by atoms with E-state index < -0.39 is 5.91 Å². The normalized spacial score (nSPS) is 15.1. The van der Waals surface area contributed by atoms with E-state index in [1.54, 1.807) is 18.2 Å². The second-order valence-corrected chi connectivity index (χ2v) is 3.99. The van der Waals surface area contributed by atoms with Gasteiger partial charge in [0.05, 0.1) is 11.4 Å². The van der Waals surface area contributed by atoms with E-state index in [0.717, 1.165) is 5.39 Å². The Hall–Kier alpha value is -1.81. The van der Waals surface area contributed by atoms with E-state index in [1.165, 1.54) is 0 Å². The maximum Gasteiger partial charge on any atom is 0.293 e. The molecule has 2 amide bonds. The number of halogens is 1. The Morgan fingerprint density at radius 1 is 1.31 bits per heavy atom. The number of nitrogens with one attached hydrogen (secondary N) is 1. The topological polar surface area (TPSA) is 59.3 Å². The van der Waals surface area contributed by atoms with Crippen molar-refractivity contribution in [1.29, 1.82) is 0 Å². The fourth-order valence-corrected chi connectivity index (χ4v) is 2.10. The third-order valence-corrected chi connectivity index (χ3v) is 2.86. The van der Waals surface area contributed by atoms with Gasteiger partial charge in [-0.2, -0.15) is 0 Å². The molecule has 0 aliphatic carbocycles. The molecule has 1 aromatic heterocycles. The van der Waals surface area contributed by atoms with Crippen LogP contribution in [-0.2, 0) is 11.2 Å². The van der Waals surface area contributed by atoms with Crippen molar-refractivity contribution in [1.82, 2.24) is 5.32 Å². The van der Waals surface area contributed by atoms with Gasteiger partial charge in [0.15, 0.2) is 11.3 Å². The summed E-state index contributed by atoms with van der Waals surface area (Å²) in [6, 6.07) is 5.23. The molecular weight excluding hydrogens is 230 g/mol. The molecule has 0 unspecified atom stereocenters. The van der Waals surface area contributed by atoms with Crippen molar-refractivity contribution < 1.29 is 14.0 Å². The van der Waals surface area contributed by atoms with Gasteiger partial charge in [-0.05, 0) is 6.07 Å². The van der Waals surface area contributed by atoms with Crippen LogP contribution in [0.2, 0.25) is 5.02 Å². The molecule has 1 aliphatic heterocycles. The molecule has 2 heterocycles. The van der Waals surface area contributed by atoms with E-state index in [1.807, 2.05) is 0 Å². The second kappa shape index (κ2) is 3.09. The van der Waals surface area contributed by atoms with E-state index in [-0.39, 0.29) is 18.1 Å². The summed E-state index contributed by atoms with van der Waals surface area (Å²) in [5.41, 5.74) is 1.07. The Balaban J connectivity index is 2.39. The van der Waals surface area contributed by atoms with Crippen LogP contribution in [0.5, 0.6) is 0 Å². The van der Waals surface area contributed by atoms with Crippen molar-refractivity contribution in [3.63, 3.8) is 0 Å². The second-order valence-electron chi connectivity index (χ2n) is 3.58. The number of hydrogen-bond acceptors (Lipinski definition) is 3. The zero-order chi connectivity index (χ0) is 11.3. The number of hydrogen-bond donors (Lipinski definition) is 1. The zero-order valence-electron chi connectivity index (χ0n) is 8.04. The quantitative estimate of drug-likeness (QED) is 0.710. The average Bonchev–Trinajstić information content (AvgIpc) is 2.59. The number of fused-ring (bicyclic) bond motifs is 3. The molecule has 0 saturated carbocycles. The number of furan rings is 1. The van der Waals surface area contributed by atoms with Gasteiger partial charge < -0.3 is 4.42 Å². The van der Waals surface area contributed by atoms with Crippen molar-refractivity contribution in [2.24, 2.45) is 0 Å². The maximum atomic E-state index is 11.5. The van der Waals surface area contributed by atoms with Gasteiger partial charge in [-0.1, -0.05) is 23.7 Å². The van der Waals surface area contributed by atoms with E-state index in [2.05, 4.69) is 5.32 Å². The van der Waals surface area contributed by atoms with Gasteiger partial charge in [0.25, 0.3) is 5.91 Å². The maximum absolute atomic E-state index is 11.5. The first-order valence-corrected chi connectivity index (χ1v) is 5.08. The average molecular weight is 236 g/mol. The predicted molar refractivity (Wildman–Crippen MR) is 57.4 cm³/mol. The third kappa shape index (κ3) is 1.17. The summed E-state index contributed by atoms with van der Waals surface area (Å²) in [6.07, 6.45) is 0.147. The minimum Gasteiger partial charge on any atom is -0.449 e. The van der Waals surface area contributed by atoms with Gasteiger partial charge in [0.2, 0.25) is 5.91 Å². The minimum absolute atomic E-state index is 0.147. The lowest BCUT2D eigenvalue weighted by Crippen LogP contribution is -2.36. The van der Waals surface area contributed by atoms with Crippen molar-refractivity contribution in [3.05, 3.63) is 34.5 Å². The Morgan fingerprint density at radius 3 is 2.94 bits per heavy atom. The van der Waals surface area contributed by atoms with Crippen LogP contribution in [0.15, 0.2) is 22.6 Å². The summed E-state index contributed by atoms with van der Waals surface area (Å²) in [7, 11) is 0. The largest absolute Gasteiger partial charge is 0.449 e. The van der Waals surface area contributed by atoms with Crippen LogP contribution < -0.4 is 5.32 Å². The van der Waals surface area contributed by atoms with Gasteiger partial charge in [0, 0.05) is 10.9 Å². The van der Waals surface area contributed by atoms with Crippen LogP contribution in [0.4, 0.5) is 0 Å². The zero-order valence-corrected chi connectivity index (χ0v) is 8.80. The highest BCUT2D eigenvalue weighted by atomic mass is 35.5. The van der Waals surface area contributed by atoms with Crippen molar-refractivity contribution in [3.8, 4) is 0 Å². The summed E-state index contributed by atoms with van der Waals surface area (Å²) < 4.78 is 5.39. The molecule has 4 nitrogen and oxygen atoms in total. The lowest BCUT2D eigenvalue weighted by atomic mass is 10.0. The Kier molecular flexibility index (Phi) is 1.82. The van der Waals surface area contributed by atoms with Crippen LogP contribution >= 0.6 is 11.6 Å². The molecule has 3 rings (SSSR count). The molecule has 80 valence electrons. The molecule has 0 spiro atoms. The van der Waals surface area contributed by atoms with E-state index in [4.69, 9.17) is 16.0 Å². The molecule has 0 saturated heterocycles. The fraction of sp³-hybridized carbons (Fsp3) is 0.0909. The smallest absolute Gasteiger partial charge is 0.293 e. The monoisotopic (exact) mass is 235 g/mol. The van der Waals surface area contributed by atoms with E-state index in [9.17, 15) is 9.59 Å². The fourth-order valence-electron chi connectivity index (χ4n) is 1.88. The molecule has 0 fully saturated rings. The Bertz CT molecular complexity index is 629. The number of carbonyl (C=O) groups is 2. The van der Waals surface area contributed by atoms with Gasteiger partial charge in [-0.15, -0.1) is 0 Å². The van der Waals surface area contributed by atoms with Crippen molar-refractivity contribution >= 4 is 34.4 Å². The standard InChI is InChI=1S/C11H6ClNO3/c12-7-3-1-2-5-6-4-8(14)13-11(15)10(6)16-9(5)7/h1-3H,4H2,(H,13,14,15). The molecule has 0 radical (unpaired) electrons.